The van der Waals surface area contributed by atoms with Crippen molar-refractivity contribution < 1.29 is 4.74 Å². The normalized spacial score (nSPS) is 21.4. The van der Waals surface area contributed by atoms with Gasteiger partial charge in [0.15, 0.2) is 0 Å². The van der Waals surface area contributed by atoms with E-state index in [4.69, 9.17) is 4.74 Å². The molecule has 2 unspecified atom stereocenters. The van der Waals surface area contributed by atoms with Crippen LogP contribution in [0.5, 0.6) is 0 Å². The second kappa shape index (κ2) is 8.52. The van der Waals surface area contributed by atoms with E-state index < -0.39 is 0 Å². The number of ether oxygens (including phenoxy) is 1. The maximum atomic E-state index is 6.07. The van der Waals surface area contributed by atoms with Crippen molar-refractivity contribution in [3.8, 4) is 0 Å². The Morgan fingerprint density at radius 1 is 1.38 bits per heavy atom. The van der Waals surface area contributed by atoms with Crippen molar-refractivity contribution in [1.29, 1.82) is 0 Å². The fourth-order valence-corrected chi connectivity index (χ4v) is 3.02. The highest BCUT2D eigenvalue weighted by atomic mass is 16.5. The van der Waals surface area contributed by atoms with E-state index in [1.165, 1.54) is 11.1 Å². The lowest BCUT2D eigenvalue weighted by atomic mass is 9.98. The van der Waals surface area contributed by atoms with E-state index in [0.717, 1.165) is 45.6 Å². The molecular weight excluding hydrogens is 260 g/mol. The molecule has 3 heteroatoms. The first kappa shape index (κ1) is 16.5. The molecule has 1 aliphatic heterocycles. The van der Waals surface area contributed by atoms with Crippen LogP contribution >= 0.6 is 0 Å². The van der Waals surface area contributed by atoms with Crippen molar-refractivity contribution in [2.75, 3.05) is 32.8 Å². The topological polar surface area (TPSA) is 24.5 Å². The molecule has 0 saturated carbocycles. The SMILES string of the molecule is CCCNC(Cc1cccc(C)c1)C1CN(CC)CCO1. The third-order valence-corrected chi connectivity index (χ3v) is 4.27. The summed E-state index contributed by atoms with van der Waals surface area (Å²) in [5.41, 5.74) is 2.74. The fourth-order valence-electron chi connectivity index (χ4n) is 3.02. The average molecular weight is 290 g/mol. The molecule has 0 bridgehead atoms. The van der Waals surface area contributed by atoms with Crippen molar-refractivity contribution in [2.24, 2.45) is 0 Å². The van der Waals surface area contributed by atoms with E-state index in [0.29, 0.717) is 12.1 Å². The first-order valence-electron chi connectivity index (χ1n) is 8.35. The predicted octanol–water partition coefficient (Wildman–Crippen LogP) is 2.63. The summed E-state index contributed by atoms with van der Waals surface area (Å²) in [6, 6.07) is 9.24. The summed E-state index contributed by atoms with van der Waals surface area (Å²) in [5, 5.41) is 3.70. The van der Waals surface area contributed by atoms with Gasteiger partial charge in [0.2, 0.25) is 0 Å². The summed E-state index contributed by atoms with van der Waals surface area (Å²) in [7, 11) is 0. The summed E-state index contributed by atoms with van der Waals surface area (Å²) in [6.07, 6.45) is 2.50. The highest BCUT2D eigenvalue weighted by molar-refractivity contribution is 5.23. The van der Waals surface area contributed by atoms with Crippen LogP contribution in [0.1, 0.15) is 31.4 Å². The molecule has 118 valence electrons. The van der Waals surface area contributed by atoms with E-state index >= 15 is 0 Å². The van der Waals surface area contributed by atoms with Crippen LogP contribution in [0, 0.1) is 6.92 Å². The van der Waals surface area contributed by atoms with Gasteiger partial charge in [0.1, 0.15) is 0 Å². The van der Waals surface area contributed by atoms with Gasteiger partial charge in [0, 0.05) is 19.1 Å². The van der Waals surface area contributed by atoms with Gasteiger partial charge in [-0.15, -0.1) is 0 Å². The highest BCUT2D eigenvalue weighted by Gasteiger charge is 2.27. The van der Waals surface area contributed by atoms with Crippen molar-refractivity contribution in [3.05, 3.63) is 35.4 Å². The van der Waals surface area contributed by atoms with Crippen LogP contribution in [0.3, 0.4) is 0 Å². The smallest absolute Gasteiger partial charge is 0.0858 e. The number of hydrogen-bond acceptors (Lipinski definition) is 3. The van der Waals surface area contributed by atoms with E-state index in [-0.39, 0.29) is 0 Å². The van der Waals surface area contributed by atoms with Crippen LogP contribution in [0.2, 0.25) is 0 Å². The van der Waals surface area contributed by atoms with Gasteiger partial charge in [-0.05, 0) is 38.4 Å². The van der Waals surface area contributed by atoms with Gasteiger partial charge in [-0.3, -0.25) is 4.90 Å². The Balaban J connectivity index is 2.02. The Kier molecular flexibility index (Phi) is 6.68. The van der Waals surface area contributed by atoms with Gasteiger partial charge >= 0.3 is 0 Å². The van der Waals surface area contributed by atoms with Crippen LogP contribution in [0.15, 0.2) is 24.3 Å². The molecule has 2 atom stereocenters. The maximum absolute atomic E-state index is 6.07. The Morgan fingerprint density at radius 2 is 2.24 bits per heavy atom. The van der Waals surface area contributed by atoms with E-state index in [9.17, 15) is 0 Å². The molecule has 0 aromatic heterocycles. The van der Waals surface area contributed by atoms with Crippen LogP contribution in [0.25, 0.3) is 0 Å². The van der Waals surface area contributed by atoms with Crippen molar-refractivity contribution >= 4 is 0 Å². The van der Waals surface area contributed by atoms with Crippen LogP contribution in [-0.2, 0) is 11.2 Å². The number of hydrogen-bond donors (Lipinski definition) is 1. The zero-order chi connectivity index (χ0) is 15.1. The molecule has 0 spiro atoms. The van der Waals surface area contributed by atoms with Gasteiger partial charge in [0.05, 0.1) is 12.7 Å². The largest absolute Gasteiger partial charge is 0.374 e. The highest BCUT2D eigenvalue weighted by Crippen LogP contribution is 2.14. The first-order valence-corrected chi connectivity index (χ1v) is 8.35. The summed E-state index contributed by atoms with van der Waals surface area (Å²) < 4.78 is 6.07. The lowest BCUT2D eigenvalue weighted by Crippen LogP contribution is -2.53. The zero-order valence-corrected chi connectivity index (χ0v) is 13.8. The Hall–Kier alpha value is -0.900. The van der Waals surface area contributed by atoms with E-state index in [1.54, 1.807) is 0 Å². The van der Waals surface area contributed by atoms with Crippen molar-refractivity contribution in [3.63, 3.8) is 0 Å². The standard InChI is InChI=1S/C18H30N2O/c1-4-9-19-17(13-16-8-6-7-15(3)12-16)18-14-20(5-2)10-11-21-18/h6-8,12,17-19H,4-5,9-11,13-14H2,1-3H3. The van der Waals surface area contributed by atoms with Crippen molar-refractivity contribution in [1.82, 2.24) is 10.2 Å². The van der Waals surface area contributed by atoms with Crippen LogP contribution in [-0.4, -0.2) is 49.8 Å². The number of nitrogens with zero attached hydrogens (tertiary/aromatic N) is 1. The van der Waals surface area contributed by atoms with Gasteiger partial charge in [-0.1, -0.05) is 43.7 Å². The predicted molar refractivity (Wildman–Crippen MR) is 88.8 cm³/mol. The fraction of sp³-hybridized carbons (Fsp3) is 0.667. The molecule has 0 aliphatic carbocycles. The minimum atomic E-state index is 0.297. The number of nitrogens with one attached hydrogen (secondary N) is 1. The molecular formula is C18H30N2O. The minimum Gasteiger partial charge on any atom is -0.374 e. The Bertz CT molecular complexity index is 421. The van der Waals surface area contributed by atoms with Crippen molar-refractivity contribution in [2.45, 2.75) is 45.8 Å². The monoisotopic (exact) mass is 290 g/mol. The van der Waals surface area contributed by atoms with Gasteiger partial charge < -0.3 is 10.1 Å². The molecule has 2 rings (SSSR count). The number of aryl methyl sites for hydroxylation is 1. The number of rotatable bonds is 7. The number of morpholine rings is 1. The molecule has 1 aromatic rings. The lowest BCUT2D eigenvalue weighted by Gasteiger charge is -2.37. The summed E-state index contributed by atoms with van der Waals surface area (Å²) >= 11 is 0. The molecule has 0 amide bonds. The third-order valence-electron chi connectivity index (χ3n) is 4.27. The summed E-state index contributed by atoms with van der Waals surface area (Å²) in [4.78, 5) is 2.49. The van der Waals surface area contributed by atoms with Crippen LogP contribution in [0.4, 0.5) is 0 Å². The molecule has 3 nitrogen and oxygen atoms in total. The van der Waals surface area contributed by atoms with E-state index in [2.05, 4.69) is 55.3 Å². The number of benzene rings is 1. The van der Waals surface area contributed by atoms with Gasteiger partial charge in [-0.2, -0.15) is 0 Å². The second-order valence-electron chi connectivity index (χ2n) is 6.06. The maximum Gasteiger partial charge on any atom is 0.0858 e. The Morgan fingerprint density at radius 3 is 2.95 bits per heavy atom. The van der Waals surface area contributed by atoms with Gasteiger partial charge in [0.25, 0.3) is 0 Å². The molecule has 1 heterocycles. The first-order chi connectivity index (χ1) is 10.2. The Labute approximate surface area is 129 Å². The number of likely N-dealkylation sites (N-methyl/N-ethyl adjacent to an activating group) is 1. The average Bonchev–Trinajstić information content (AvgIpc) is 2.51. The quantitative estimate of drug-likeness (QED) is 0.835. The molecule has 21 heavy (non-hydrogen) atoms. The molecule has 1 fully saturated rings. The second-order valence-corrected chi connectivity index (χ2v) is 6.06. The molecule has 1 saturated heterocycles. The molecule has 0 radical (unpaired) electrons. The zero-order valence-electron chi connectivity index (χ0n) is 13.8. The molecule has 1 aliphatic rings. The van der Waals surface area contributed by atoms with E-state index in [1.807, 2.05) is 0 Å². The molecule has 1 aromatic carbocycles. The van der Waals surface area contributed by atoms with Crippen LogP contribution < -0.4 is 5.32 Å². The third kappa shape index (κ3) is 5.10. The molecule has 1 N–H and O–H groups in total. The summed E-state index contributed by atoms with van der Waals surface area (Å²) in [5.74, 6) is 0. The minimum absolute atomic E-state index is 0.297. The lowest BCUT2D eigenvalue weighted by molar-refractivity contribution is -0.0447. The van der Waals surface area contributed by atoms with Gasteiger partial charge in [-0.25, -0.2) is 0 Å². The summed E-state index contributed by atoms with van der Waals surface area (Å²) in [6.45, 7) is 11.8.